The topological polar surface area (TPSA) is 114 Å². The third kappa shape index (κ3) is 6.35. The van der Waals surface area contributed by atoms with Crippen LogP contribution >= 0.6 is 0 Å². The van der Waals surface area contributed by atoms with E-state index in [0.29, 0.717) is 19.4 Å². The first kappa shape index (κ1) is 31.6. The number of nitrogens with zero attached hydrogens (tertiary/aromatic N) is 2. The molecule has 0 saturated carbocycles. The summed E-state index contributed by atoms with van der Waals surface area (Å²) in [5.74, 6) is -1.15. The van der Waals surface area contributed by atoms with Crippen molar-refractivity contribution in [2.24, 2.45) is 0 Å². The average molecular weight is 576 g/mol. The number of β-lactam (4-membered cyclic amide) rings is 1. The Morgan fingerprint density at radius 3 is 2.38 bits per heavy atom. The van der Waals surface area contributed by atoms with E-state index in [0.717, 1.165) is 5.56 Å². The van der Waals surface area contributed by atoms with E-state index in [4.69, 9.17) is 13.9 Å². The number of esters is 1. The molecule has 0 aromatic heterocycles. The molecule has 3 amide bonds. The molecule has 10 nitrogen and oxygen atoms in total. The fourth-order valence-corrected chi connectivity index (χ4v) is 6.72. The van der Waals surface area contributed by atoms with Crippen molar-refractivity contribution in [3.05, 3.63) is 35.9 Å². The van der Waals surface area contributed by atoms with Crippen molar-refractivity contribution in [3.63, 3.8) is 0 Å². The highest BCUT2D eigenvalue weighted by molar-refractivity contribution is 6.74. The second-order valence-electron chi connectivity index (χ2n) is 12.2. The number of alkyl carbamates (subject to hydrolysis) is 1. The summed E-state index contributed by atoms with van der Waals surface area (Å²) >= 11 is 0. The normalized spacial score (nSPS) is 22.5. The van der Waals surface area contributed by atoms with E-state index in [-0.39, 0.29) is 36.7 Å². The zero-order valence-corrected chi connectivity index (χ0v) is 26.1. The van der Waals surface area contributed by atoms with Gasteiger partial charge in [-0.15, -0.1) is 0 Å². The summed E-state index contributed by atoms with van der Waals surface area (Å²) in [4.78, 5) is 55.7. The Labute approximate surface area is 238 Å². The Morgan fingerprint density at radius 1 is 1.15 bits per heavy atom. The van der Waals surface area contributed by atoms with E-state index in [1.807, 2.05) is 37.3 Å². The maximum absolute atomic E-state index is 14.2. The molecule has 2 aliphatic heterocycles. The van der Waals surface area contributed by atoms with Gasteiger partial charge in [0.25, 0.3) is 5.91 Å². The Kier molecular flexibility index (Phi) is 9.72. The minimum Gasteiger partial charge on any atom is -0.465 e. The SMILES string of the molecule is CCOC(=O)CN1C(=O)C2(CCCN2C(=O)[C@@H](NC(=O)OCc2ccccc2)C(C)O[Si](C)(C)C(C)(C)C)C1C. The lowest BCUT2D eigenvalue weighted by Crippen LogP contribution is -2.79. The van der Waals surface area contributed by atoms with Crippen LogP contribution < -0.4 is 5.32 Å². The molecule has 40 heavy (non-hydrogen) atoms. The summed E-state index contributed by atoms with van der Waals surface area (Å²) in [7, 11) is -2.32. The van der Waals surface area contributed by atoms with Gasteiger partial charge in [0.15, 0.2) is 8.32 Å². The molecule has 2 saturated heterocycles. The lowest BCUT2D eigenvalue weighted by atomic mass is 9.77. The first-order chi connectivity index (χ1) is 18.7. The molecule has 1 spiro atoms. The second kappa shape index (κ2) is 12.3. The highest BCUT2D eigenvalue weighted by Gasteiger charge is 2.65. The van der Waals surface area contributed by atoms with Crippen molar-refractivity contribution >= 4 is 32.2 Å². The fraction of sp³-hybridized carbons (Fsp3) is 0.655. The van der Waals surface area contributed by atoms with Crippen LogP contribution in [0, 0.1) is 0 Å². The van der Waals surface area contributed by atoms with E-state index >= 15 is 0 Å². The van der Waals surface area contributed by atoms with Gasteiger partial charge in [-0.05, 0) is 57.3 Å². The largest absolute Gasteiger partial charge is 0.465 e. The number of carbonyl (C=O) groups is 4. The highest BCUT2D eigenvalue weighted by atomic mass is 28.4. The predicted molar refractivity (Wildman–Crippen MR) is 153 cm³/mol. The number of amides is 3. The van der Waals surface area contributed by atoms with Gasteiger partial charge in [-0.3, -0.25) is 14.4 Å². The van der Waals surface area contributed by atoms with Crippen molar-refractivity contribution in [2.45, 2.75) is 103 Å². The minimum absolute atomic E-state index is 0.0526. The summed E-state index contributed by atoms with van der Waals surface area (Å²) < 4.78 is 17.0. The van der Waals surface area contributed by atoms with E-state index in [9.17, 15) is 19.2 Å². The van der Waals surface area contributed by atoms with Crippen LogP contribution in [0.5, 0.6) is 0 Å². The van der Waals surface area contributed by atoms with E-state index in [2.05, 4.69) is 39.2 Å². The van der Waals surface area contributed by atoms with Gasteiger partial charge in [0.2, 0.25) is 5.91 Å². The smallest absolute Gasteiger partial charge is 0.408 e. The van der Waals surface area contributed by atoms with Crippen LogP contribution in [0.3, 0.4) is 0 Å². The molecule has 1 aromatic rings. The number of benzene rings is 1. The van der Waals surface area contributed by atoms with E-state index in [1.54, 1.807) is 18.7 Å². The number of ether oxygens (including phenoxy) is 2. The Bertz CT molecular complexity index is 1090. The summed E-state index contributed by atoms with van der Waals surface area (Å²) in [6, 6.07) is 7.84. The quantitative estimate of drug-likeness (QED) is 0.256. The van der Waals surface area contributed by atoms with Gasteiger partial charge in [-0.1, -0.05) is 51.1 Å². The third-order valence-corrected chi connectivity index (χ3v) is 13.2. The second-order valence-corrected chi connectivity index (χ2v) is 17.0. The van der Waals surface area contributed by atoms with Crippen molar-refractivity contribution in [1.29, 1.82) is 0 Å². The lowest BCUT2D eigenvalue weighted by Gasteiger charge is -2.56. The maximum Gasteiger partial charge on any atom is 0.408 e. The molecular formula is C29H45N3O7Si. The van der Waals surface area contributed by atoms with Crippen molar-refractivity contribution in [3.8, 4) is 0 Å². The Hall–Kier alpha value is -2.92. The summed E-state index contributed by atoms with van der Waals surface area (Å²) in [6.45, 7) is 16.3. The number of likely N-dealkylation sites (tertiary alicyclic amines) is 2. The lowest BCUT2D eigenvalue weighted by molar-refractivity contribution is -0.181. The van der Waals surface area contributed by atoms with Crippen LogP contribution in [0.2, 0.25) is 18.1 Å². The molecular weight excluding hydrogens is 530 g/mol. The molecule has 2 aliphatic rings. The molecule has 222 valence electrons. The van der Waals surface area contributed by atoms with Crippen molar-refractivity contribution in [2.75, 3.05) is 19.7 Å². The Morgan fingerprint density at radius 2 is 1.80 bits per heavy atom. The Balaban J connectivity index is 1.82. The van der Waals surface area contributed by atoms with Crippen LogP contribution in [0.1, 0.15) is 59.9 Å². The predicted octanol–water partition coefficient (Wildman–Crippen LogP) is 3.85. The molecule has 0 aliphatic carbocycles. The fourth-order valence-electron chi connectivity index (χ4n) is 5.30. The van der Waals surface area contributed by atoms with Crippen LogP contribution in [0.15, 0.2) is 30.3 Å². The summed E-state index contributed by atoms with van der Waals surface area (Å²) in [5.41, 5.74) is -0.242. The van der Waals surface area contributed by atoms with Gasteiger partial charge in [0.1, 0.15) is 24.7 Å². The number of hydrogen-bond acceptors (Lipinski definition) is 7. The number of rotatable bonds is 10. The molecule has 2 heterocycles. The van der Waals surface area contributed by atoms with Crippen LogP contribution in [-0.2, 0) is 34.9 Å². The van der Waals surface area contributed by atoms with Gasteiger partial charge in [-0.2, -0.15) is 0 Å². The van der Waals surface area contributed by atoms with E-state index in [1.165, 1.54) is 4.90 Å². The number of hydrogen-bond donors (Lipinski definition) is 1. The number of nitrogens with one attached hydrogen (secondary N) is 1. The van der Waals surface area contributed by atoms with E-state index < -0.39 is 44.0 Å². The average Bonchev–Trinajstić information content (AvgIpc) is 3.36. The van der Waals surface area contributed by atoms with Crippen LogP contribution in [0.4, 0.5) is 4.79 Å². The highest BCUT2D eigenvalue weighted by Crippen LogP contribution is 2.45. The molecule has 1 aromatic carbocycles. The summed E-state index contributed by atoms with van der Waals surface area (Å²) in [5, 5.41) is 2.64. The standard InChI is InChI=1S/C29H45N3O7Si/c1-9-37-23(33)18-31-21(3)29(26(31)35)16-13-17-32(29)25(34)24(20(2)39-40(7,8)28(4,5)6)30-27(36)38-19-22-14-11-10-12-15-22/h10-12,14-15,20-21,24H,9,13,16-19H2,1-8H3,(H,30,36)/t20?,21?,24-,29?/m0/s1. The first-order valence-electron chi connectivity index (χ1n) is 14.1. The zero-order valence-electron chi connectivity index (χ0n) is 25.1. The van der Waals surface area contributed by atoms with Gasteiger partial charge >= 0.3 is 12.1 Å². The van der Waals surface area contributed by atoms with Crippen LogP contribution in [0.25, 0.3) is 0 Å². The van der Waals surface area contributed by atoms with Gasteiger partial charge in [-0.25, -0.2) is 4.79 Å². The molecule has 11 heteroatoms. The van der Waals surface area contributed by atoms with Crippen LogP contribution in [-0.4, -0.2) is 85.4 Å². The maximum atomic E-state index is 14.2. The monoisotopic (exact) mass is 575 g/mol. The molecule has 2 fully saturated rings. The van der Waals surface area contributed by atoms with Gasteiger partial charge < -0.3 is 29.0 Å². The van der Waals surface area contributed by atoms with Gasteiger partial charge in [0.05, 0.1) is 18.8 Å². The van der Waals surface area contributed by atoms with Crippen molar-refractivity contribution in [1.82, 2.24) is 15.1 Å². The number of carbonyl (C=O) groups excluding carboxylic acids is 4. The molecule has 3 rings (SSSR count). The van der Waals surface area contributed by atoms with Gasteiger partial charge in [0, 0.05) is 6.54 Å². The zero-order chi connectivity index (χ0) is 29.9. The molecule has 3 unspecified atom stereocenters. The summed E-state index contributed by atoms with van der Waals surface area (Å²) in [6.07, 6.45) is -0.284. The molecule has 0 bridgehead atoms. The van der Waals surface area contributed by atoms with Crippen molar-refractivity contribution < 1.29 is 33.1 Å². The third-order valence-electron chi connectivity index (χ3n) is 8.59. The first-order valence-corrected chi connectivity index (χ1v) is 17.0. The minimum atomic E-state index is -2.32. The molecule has 4 atom stereocenters. The molecule has 1 N–H and O–H groups in total. The molecule has 0 radical (unpaired) electrons.